The minimum atomic E-state index is 1.23. The average molecular weight is 633 g/mol. The lowest BCUT2D eigenvalue weighted by Crippen LogP contribution is -1.85. The van der Waals surface area contributed by atoms with Crippen molar-refractivity contribution in [1.29, 1.82) is 0 Å². The van der Waals surface area contributed by atoms with Crippen molar-refractivity contribution < 1.29 is 0 Å². The molecule has 0 saturated heterocycles. The van der Waals surface area contributed by atoms with Gasteiger partial charge in [0, 0.05) is 0 Å². The summed E-state index contributed by atoms with van der Waals surface area (Å²) < 4.78 is 0. The van der Waals surface area contributed by atoms with E-state index in [1.165, 1.54) is 98.4 Å². The summed E-state index contributed by atoms with van der Waals surface area (Å²) in [6.45, 7) is 0. The molecule has 0 atom stereocenters. The molecule has 10 aromatic rings. The molecule has 232 valence electrons. The molecule has 0 amide bonds. The zero-order chi connectivity index (χ0) is 33.0. The first-order chi connectivity index (χ1) is 24.7. The van der Waals surface area contributed by atoms with Crippen molar-refractivity contribution in [3.8, 4) is 44.5 Å². The van der Waals surface area contributed by atoms with Crippen LogP contribution in [0.15, 0.2) is 194 Å². The summed E-state index contributed by atoms with van der Waals surface area (Å²) in [7, 11) is 0. The predicted octanol–water partition coefficient (Wildman–Crippen LogP) is 14.1. The molecular formula is C50H32. The smallest absolute Gasteiger partial charge is 0.0105 e. The molecule has 0 heteroatoms. The van der Waals surface area contributed by atoms with Crippen molar-refractivity contribution in [2.24, 2.45) is 0 Å². The predicted molar refractivity (Wildman–Crippen MR) is 216 cm³/mol. The second kappa shape index (κ2) is 11.6. The van der Waals surface area contributed by atoms with E-state index in [0.29, 0.717) is 0 Å². The quantitative estimate of drug-likeness (QED) is 0.169. The van der Waals surface area contributed by atoms with Crippen LogP contribution in [0, 0.1) is 0 Å². The first-order valence-electron chi connectivity index (χ1n) is 17.3. The van der Waals surface area contributed by atoms with Gasteiger partial charge in [0.15, 0.2) is 0 Å². The normalized spacial score (nSPS) is 11.6. The van der Waals surface area contributed by atoms with Crippen molar-refractivity contribution in [3.05, 3.63) is 194 Å². The van der Waals surface area contributed by atoms with Gasteiger partial charge < -0.3 is 0 Å². The molecule has 0 spiro atoms. The molecule has 0 nitrogen and oxygen atoms in total. The summed E-state index contributed by atoms with van der Waals surface area (Å²) in [5.74, 6) is 0. The minimum Gasteiger partial charge on any atom is -0.0622 e. The molecule has 0 N–H and O–H groups in total. The van der Waals surface area contributed by atoms with E-state index in [0.717, 1.165) is 0 Å². The maximum atomic E-state index is 2.34. The summed E-state index contributed by atoms with van der Waals surface area (Å²) in [5.41, 5.74) is 9.93. The third kappa shape index (κ3) is 4.93. The molecule has 0 fully saturated rings. The molecule has 0 radical (unpaired) electrons. The Kier molecular flexibility index (Phi) is 6.60. The largest absolute Gasteiger partial charge is 0.0622 e. The lowest BCUT2D eigenvalue weighted by atomic mass is 9.93. The zero-order valence-corrected chi connectivity index (χ0v) is 27.5. The number of fused-ring (bicyclic) bond motifs is 7. The average Bonchev–Trinajstić information content (AvgIpc) is 3.20. The third-order valence-electron chi connectivity index (χ3n) is 10.4. The van der Waals surface area contributed by atoms with Gasteiger partial charge in [-0.05, 0) is 135 Å². The summed E-state index contributed by atoms with van der Waals surface area (Å²) in [5, 5.41) is 12.7. The minimum absolute atomic E-state index is 1.23. The Morgan fingerprint density at radius 3 is 0.760 bits per heavy atom. The summed E-state index contributed by atoms with van der Waals surface area (Å²) in [6, 6.07) is 71.4. The Hall–Kier alpha value is -6.50. The SMILES string of the molecule is c1ccc(-c2ccc3c(ccc4cc(-c5ccc6ccc(-c7ccc8c(ccc9cc(-c%10ccccc%10)ccc98)c7)cc6c5)ccc43)c2)cc1. The van der Waals surface area contributed by atoms with Crippen molar-refractivity contribution in [3.63, 3.8) is 0 Å². The Morgan fingerprint density at radius 1 is 0.160 bits per heavy atom. The maximum absolute atomic E-state index is 2.34. The van der Waals surface area contributed by atoms with Crippen LogP contribution in [0.2, 0.25) is 0 Å². The van der Waals surface area contributed by atoms with Crippen molar-refractivity contribution in [2.45, 2.75) is 0 Å². The van der Waals surface area contributed by atoms with Gasteiger partial charge in [-0.15, -0.1) is 0 Å². The second-order valence-electron chi connectivity index (χ2n) is 13.4. The summed E-state index contributed by atoms with van der Waals surface area (Å²) in [6.07, 6.45) is 0. The molecule has 10 aromatic carbocycles. The molecule has 0 aliphatic rings. The van der Waals surface area contributed by atoms with Crippen LogP contribution in [0.4, 0.5) is 0 Å². The number of hydrogen-bond donors (Lipinski definition) is 0. The standard InChI is InChI=1S/C50H32/c1-3-7-33(8-4-1)36-19-23-47-42(27-36)15-17-44-29-40(21-25-49(44)47)38-13-11-35-12-14-39(32-46(35)31-38)41-22-26-50-45(30-41)18-16-43-28-37(20-24-48(43)50)34-9-5-2-6-10-34/h1-32H. The highest BCUT2D eigenvalue weighted by molar-refractivity contribution is 6.11. The Labute approximate surface area is 291 Å². The first kappa shape index (κ1) is 28.5. The van der Waals surface area contributed by atoms with Crippen LogP contribution in [0.25, 0.3) is 98.4 Å². The number of benzene rings is 10. The van der Waals surface area contributed by atoms with Gasteiger partial charge in [-0.2, -0.15) is 0 Å². The Balaban J connectivity index is 0.983. The van der Waals surface area contributed by atoms with Gasteiger partial charge in [-0.25, -0.2) is 0 Å². The second-order valence-corrected chi connectivity index (χ2v) is 13.4. The molecule has 0 aliphatic heterocycles. The van der Waals surface area contributed by atoms with Crippen LogP contribution in [0.5, 0.6) is 0 Å². The highest BCUT2D eigenvalue weighted by atomic mass is 14.1. The number of hydrogen-bond acceptors (Lipinski definition) is 0. The first-order valence-corrected chi connectivity index (χ1v) is 17.3. The van der Waals surface area contributed by atoms with E-state index in [1.54, 1.807) is 0 Å². The topological polar surface area (TPSA) is 0 Å². The molecule has 0 heterocycles. The molecule has 0 saturated carbocycles. The van der Waals surface area contributed by atoms with Crippen molar-refractivity contribution in [2.75, 3.05) is 0 Å². The lowest BCUT2D eigenvalue weighted by molar-refractivity contribution is 1.64. The van der Waals surface area contributed by atoms with Gasteiger partial charge in [0.2, 0.25) is 0 Å². The van der Waals surface area contributed by atoms with Crippen LogP contribution < -0.4 is 0 Å². The van der Waals surface area contributed by atoms with Gasteiger partial charge in [0.05, 0.1) is 0 Å². The number of rotatable bonds is 4. The van der Waals surface area contributed by atoms with Gasteiger partial charge in [0.1, 0.15) is 0 Å². The van der Waals surface area contributed by atoms with Gasteiger partial charge in [0.25, 0.3) is 0 Å². The summed E-state index contributed by atoms with van der Waals surface area (Å²) >= 11 is 0. The van der Waals surface area contributed by atoms with Gasteiger partial charge in [-0.3, -0.25) is 0 Å². The van der Waals surface area contributed by atoms with Crippen LogP contribution in [-0.4, -0.2) is 0 Å². The highest BCUT2D eigenvalue weighted by Gasteiger charge is 2.09. The molecule has 50 heavy (non-hydrogen) atoms. The fourth-order valence-corrected chi connectivity index (χ4v) is 7.73. The Morgan fingerprint density at radius 2 is 0.420 bits per heavy atom. The van der Waals surface area contributed by atoms with E-state index in [1.807, 2.05) is 0 Å². The van der Waals surface area contributed by atoms with Crippen molar-refractivity contribution in [1.82, 2.24) is 0 Å². The Bertz CT molecular complexity index is 2700. The summed E-state index contributed by atoms with van der Waals surface area (Å²) in [4.78, 5) is 0. The van der Waals surface area contributed by atoms with E-state index in [9.17, 15) is 0 Å². The van der Waals surface area contributed by atoms with Crippen LogP contribution in [-0.2, 0) is 0 Å². The maximum Gasteiger partial charge on any atom is -0.0105 e. The fourth-order valence-electron chi connectivity index (χ4n) is 7.73. The highest BCUT2D eigenvalue weighted by Crippen LogP contribution is 2.36. The van der Waals surface area contributed by atoms with E-state index in [-0.39, 0.29) is 0 Å². The molecule has 0 aliphatic carbocycles. The van der Waals surface area contributed by atoms with Gasteiger partial charge >= 0.3 is 0 Å². The molecule has 0 aromatic heterocycles. The van der Waals surface area contributed by atoms with Gasteiger partial charge in [-0.1, -0.05) is 158 Å². The van der Waals surface area contributed by atoms with E-state index in [2.05, 4.69) is 194 Å². The van der Waals surface area contributed by atoms with E-state index >= 15 is 0 Å². The molecular weight excluding hydrogens is 601 g/mol. The fraction of sp³-hybridized carbons (Fsp3) is 0. The van der Waals surface area contributed by atoms with E-state index in [4.69, 9.17) is 0 Å². The molecule has 10 rings (SSSR count). The molecule has 0 bridgehead atoms. The van der Waals surface area contributed by atoms with Crippen LogP contribution in [0.3, 0.4) is 0 Å². The van der Waals surface area contributed by atoms with Crippen molar-refractivity contribution >= 4 is 53.9 Å². The molecule has 0 unspecified atom stereocenters. The van der Waals surface area contributed by atoms with Crippen LogP contribution >= 0.6 is 0 Å². The van der Waals surface area contributed by atoms with E-state index < -0.39 is 0 Å². The lowest BCUT2D eigenvalue weighted by Gasteiger charge is -2.11. The zero-order valence-electron chi connectivity index (χ0n) is 27.5. The monoisotopic (exact) mass is 632 g/mol. The third-order valence-corrected chi connectivity index (χ3v) is 10.4. The van der Waals surface area contributed by atoms with Crippen LogP contribution in [0.1, 0.15) is 0 Å².